The van der Waals surface area contributed by atoms with Gasteiger partial charge in [-0.15, -0.1) is 12.4 Å². The zero-order valence-electron chi connectivity index (χ0n) is 16.4. The molecule has 0 bridgehead atoms. The number of carbonyl (C=O) groups is 2. The quantitative estimate of drug-likeness (QED) is 0.557. The van der Waals surface area contributed by atoms with Gasteiger partial charge in [-0.1, -0.05) is 29.8 Å². The van der Waals surface area contributed by atoms with Gasteiger partial charge in [0.15, 0.2) is 0 Å². The Kier molecular flexibility index (Phi) is 8.72. The van der Waals surface area contributed by atoms with Crippen LogP contribution in [0.3, 0.4) is 0 Å². The standard InChI is InChI=1S/C21H18ClFN4O3.ClH/c1-30-15-5-2-13(3-6-15)10-24-20(28)18-9-19(27-12-26-18)21(29)25-11-14-4-7-17(23)16(22)8-14;/h2-9,12H,10-11H2,1H3,(H,24,28)(H,25,29);1H. The molecule has 0 spiro atoms. The van der Waals surface area contributed by atoms with Crippen LogP contribution in [-0.4, -0.2) is 28.9 Å². The van der Waals surface area contributed by atoms with Crippen LogP contribution in [0.15, 0.2) is 54.9 Å². The van der Waals surface area contributed by atoms with Crippen molar-refractivity contribution in [3.8, 4) is 5.75 Å². The number of hydrogen-bond donors (Lipinski definition) is 2. The van der Waals surface area contributed by atoms with Crippen molar-refractivity contribution in [1.29, 1.82) is 0 Å². The van der Waals surface area contributed by atoms with Crippen LogP contribution < -0.4 is 15.4 Å². The fraction of sp³-hybridized carbons (Fsp3) is 0.143. The van der Waals surface area contributed by atoms with E-state index in [1.165, 1.54) is 24.3 Å². The highest BCUT2D eigenvalue weighted by Gasteiger charge is 2.13. The SMILES string of the molecule is COc1ccc(CNC(=O)c2cc(C(=O)NCc3ccc(F)c(Cl)c3)ncn2)cc1.Cl. The van der Waals surface area contributed by atoms with Crippen LogP contribution in [0.4, 0.5) is 4.39 Å². The van der Waals surface area contributed by atoms with E-state index in [-0.39, 0.29) is 35.4 Å². The van der Waals surface area contributed by atoms with Crippen LogP contribution in [-0.2, 0) is 13.1 Å². The van der Waals surface area contributed by atoms with Crippen molar-refractivity contribution in [2.24, 2.45) is 0 Å². The number of methoxy groups -OCH3 is 1. The molecule has 0 aliphatic carbocycles. The zero-order chi connectivity index (χ0) is 21.5. The summed E-state index contributed by atoms with van der Waals surface area (Å²) in [6.45, 7) is 0.418. The first-order valence-corrected chi connectivity index (χ1v) is 9.29. The molecule has 7 nitrogen and oxygen atoms in total. The molecule has 0 unspecified atom stereocenters. The topological polar surface area (TPSA) is 93.2 Å². The highest BCUT2D eigenvalue weighted by Crippen LogP contribution is 2.16. The summed E-state index contributed by atoms with van der Waals surface area (Å²) in [5.74, 6) is -0.748. The van der Waals surface area contributed by atoms with Crippen molar-refractivity contribution in [1.82, 2.24) is 20.6 Å². The van der Waals surface area contributed by atoms with E-state index in [2.05, 4.69) is 20.6 Å². The molecule has 10 heteroatoms. The van der Waals surface area contributed by atoms with Crippen molar-refractivity contribution in [3.63, 3.8) is 0 Å². The lowest BCUT2D eigenvalue weighted by Crippen LogP contribution is -2.27. The van der Waals surface area contributed by atoms with Crippen molar-refractivity contribution >= 4 is 35.8 Å². The van der Waals surface area contributed by atoms with Crippen molar-refractivity contribution in [3.05, 3.63) is 88.2 Å². The third-order valence-electron chi connectivity index (χ3n) is 4.18. The number of amides is 2. The van der Waals surface area contributed by atoms with E-state index in [1.807, 2.05) is 12.1 Å². The first-order chi connectivity index (χ1) is 14.5. The van der Waals surface area contributed by atoms with Gasteiger partial charge in [0.25, 0.3) is 11.8 Å². The smallest absolute Gasteiger partial charge is 0.270 e. The molecule has 3 aromatic rings. The third-order valence-corrected chi connectivity index (χ3v) is 4.47. The number of aromatic nitrogens is 2. The number of hydrogen-bond acceptors (Lipinski definition) is 5. The van der Waals surface area contributed by atoms with Gasteiger partial charge >= 0.3 is 0 Å². The molecule has 2 N–H and O–H groups in total. The lowest BCUT2D eigenvalue weighted by molar-refractivity contribution is 0.0944. The first-order valence-electron chi connectivity index (χ1n) is 8.91. The van der Waals surface area contributed by atoms with Crippen LogP contribution in [0.1, 0.15) is 32.1 Å². The molecule has 0 fully saturated rings. The average Bonchev–Trinajstić information content (AvgIpc) is 2.78. The predicted molar refractivity (Wildman–Crippen MR) is 116 cm³/mol. The van der Waals surface area contributed by atoms with Crippen LogP contribution >= 0.6 is 24.0 Å². The lowest BCUT2D eigenvalue weighted by Gasteiger charge is -2.08. The van der Waals surface area contributed by atoms with E-state index >= 15 is 0 Å². The summed E-state index contributed by atoms with van der Waals surface area (Å²) in [6.07, 6.45) is 1.14. The Morgan fingerprint density at radius 1 is 0.935 bits per heavy atom. The van der Waals surface area contributed by atoms with Crippen LogP contribution in [0.2, 0.25) is 5.02 Å². The van der Waals surface area contributed by atoms with Crippen LogP contribution in [0, 0.1) is 5.82 Å². The highest BCUT2D eigenvalue weighted by atomic mass is 35.5. The molecular weight excluding hydrogens is 446 g/mol. The summed E-state index contributed by atoms with van der Waals surface area (Å²) < 4.78 is 18.3. The van der Waals surface area contributed by atoms with Gasteiger partial charge in [0.2, 0.25) is 0 Å². The van der Waals surface area contributed by atoms with E-state index < -0.39 is 17.6 Å². The maximum absolute atomic E-state index is 13.2. The van der Waals surface area contributed by atoms with Gasteiger partial charge in [-0.05, 0) is 35.4 Å². The Hall–Kier alpha value is -3.23. The van der Waals surface area contributed by atoms with E-state index in [4.69, 9.17) is 16.3 Å². The van der Waals surface area contributed by atoms with Gasteiger partial charge < -0.3 is 15.4 Å². The number of carbonyl (C=O) groups excluding carboxylic acids is 2. The van der Waals surface area contributed by atoms with E-state index in [9.17, 15) is 14.0 Å². The van der Waals surface area contributed by atoms with E-state index in [1.54, 1.807) is 19.2 Å². The van der Waals surface area contributed by atoms with Gasteiger partial charge in [0.05, 0.1) is 12.1 Å². The molecule has 0 saturated carbocycles. The van der Waals surface area contributed by atoms with Crippen LogP contribution in [0.25, 0.3) is 0 Å². The number of ether oxygens (including phenoxy) is 1. The molecule has 2 amide bonds. The molecule has 0 aliphatic rings. The number of rotatable bonds is 7. The normalized spacial score (nSPS) is 10.0. The fourth-order valence-electron chi connectivity index (χ4n) is 2.54. The first kappa shape index (κ1) is 24.0. The molecule has 0 atom stereocenters. The number of nitrogens with one attached hydrogen (secondary N) is 2. The van der Waals surface area contributed by atoms with Crippen LogP contribution in [0.5, 0.6) is 5.75 Å². The minimum atomic E-state index is -0.534. The summed E-state index contributed by atoms with van der Waals surface area (Å²) in [4.78, 5) is 32.5. The Bertz CT molecular complexity index is 1060. The monoisotopic (exact) mass is 464 g/mol. The molecule has 2 aromatic carbocycles. The summed E-state index contributed by atoms with van der Waals surface area (Å²) in [7, 11) is 1.58. The van der Waals surface area contributed by atoms with Gasteiger partial charge in [0.1, 0.15) is 29.3 Å². The second kappa shape index (κ2) is 11.2. The predicted octanol–water partition coefficient (Wildman–Crippen LogP) is 3.56. The molecule has 0 aliphatic heterocycles. The van der Waals surface area contributed by atoms with E-state index in [0.717, 1.165) is 17.6 Å². The lowest BCUT2D eigenvalue weighted by atomic mass is 10.2. The second-order valence-electron chi connectivity index (χ2n) is 6.25. The van der Waals surface area contributed by atoms with Gasteiger partial charge in [0, 0.05) is 19.2 Å². The van der Waals surface area contributed by atoms with Gasteiger partial charge in [-0.3, -0.25) is 9.59 Å². The molecule has 1 aromatic heterocycles. The third kappa shape index (κ3) is 6.63. The maximum atomic E-state index is 13.2. The zero-order valence-corrected chi connectivity index (χ0v) is 18.0. The van der Waals surface area contributed by atoms with E-state index in [0.29, 0.717) is 12.1 Å². The van der Waals surface area contributed by atoms with Gasteiger partial charge in [-0.25, -0.2) is 14.4 Å². The molecule has 3 rings (SSSR count). The maximum Gasteiger partial charge on any atom is 0.270 e. The highest BCUT2D eigenvalue weighted by molar-refractivity contribution is 6.30. The fourth-order valence-corrected chi connectivity index (χ4v) is 2.75. The number of nitrogens with zero attached hydrogens (tertiary/aromatic N) is 2. The molecular formula is C21H19Cl2FN4O3. The number of halogens is 3. The van der Waals surface area contributed by atoms with Crippen molar-refractivity contribution in [2.45, 2.75) is 13.1 Å². The Balaban J connectivity index is 0.00000341. The summed E-state index contributed by atoms with van der Waals surface area (Å²) in [5, 5.41) is 5.35. The summed E-state index contributed by atoms with van der Waals surface area (Å²) in [5.41, 5.74) is 1.61. The minimum absolute atomic E-state index is 0. The number of benzene rings is 2. The largest absolute Gasteiger partial charge is 0.497 e. The Morgan fingerprint density at radius 3 is 2.03 bits per heavy atom. The second-order valence-corrected chi connectivity index (χ2v) is 6.66. The molecule has 0 radical (unpaired) electrons. The van der Waals surface area contributed by atoms with Gasteiger partial charge in [-0.2, -0.15) is 0 Å². The molecule has 31 heavy (non-hydrogen) atoms. The average molecular weight is 465 g/mol. The minimum Gasteiger partial charge on any atom is -0.497 e. The molecule has 0 saturated heterocycles. The van der Waals surface area contributed by atoms with Crippen molar-refractivity contribution < 1.29 is 18.7 Å². The summed E-state index contributed by atoms with van der Waals surface area (Å²) >= 11 is 5.73. The Morgan fingerprint density at radius 2 is 1.48 bits per heavy atom. The molecule has 1 heterocycles. The summed E-state index contributed by atoms with van der Waals surface area (Å²) in [6, 6.07) is 12.7. The Labute approximate surface area is 189 Å². The van der Waals surface area contributed by atoms with Crippen molar-refractivity contribution in [2.75, 3.05) is 7.11 Å². The molecule has 162 valence electrons.